The summed E-state index contributed by atoms with van der Waals surface area (Å²) in [5.74, 6) is -0.503. The van der Waals surface area contributed by atoms with Crippen molar-refractivity contribution >= 4 is 10.0 Å². The Morgan fingerprint density at radius 1 is 1.21 bits per heavy atom. The molecule has 0 aliphatic carbocycles. The number of benzene rings is 1. The summed E-state index contributed by atoms with van der Waals surface area (Å²) in [7, 11) is -2.26. The standard InChI is InChI=1S/C16H24N4O8S/c1-15(2)27-11-16(12-28-15,20(22)23)19(21)17-9-4-10-18-29(24,25)14-7-5-13(26-3)6-8-14/h5-8,18H,4,9-12H2,1-3H3. The second-order valence-corrected chi connectivity index (χ2v) is 8.55. The number of ether oxygens (including phenoxy) is 3. The van der Waals surface area contributed by atoms with Crippen LogP contribution < -0.4 is 9.46 Å². The van der Waals surface area contributed by atoms with Gasteiger partial charge in [-0.2, -0.15) is 0 Å². The Balaban J connectivity index is 1.90. The highest BCUT2D eigenvalue weighted by Gasteiger charge is 2.59. The maximum atomic E-state index is 12.2. The van der Waals surface area contributed by atoms with Crippen molar-refractivity contribution in [2.24, 2.45) is 5.11 Å². The van der Waals surface area contributed by atoms with Crippen LogP contribution in [0.25, 0.3) is 0 Å². The van der Waals surface area contributed by atoms with Crippen LogP contribution in [0.1, 0.15) is 20.3 Å². The van der Waals surface area contributed by atoms with Gasteiger partial charge in [0.1, 0.15) is 17.2 Å². The molecule has 1 aliphatic heterocycles. The van der Waals surface area contributed by atoms with Gasteiger partial charge in [0.25, 0.3) is 0 Å². The highest BCUT2D eigenvalue weighted by atomic mass is 32.2. The SMILES string of the molecule is COc1ccc(S(=O)(=O)NCCCN=[N+]([O-])C2([N+](=O)[O-])COC(C)(C)OC2)cc1. The summed E-state index contributed by atoms with van der Waals surface area (Å²) in [6.45, 7) is 2.08. The van der Waals surface area contributed by atoms with Gasteiger partial charge in [-0.3, -0.25) is 10.1 Å². The summed E-state index contributed by atoms with van der Waals surface area (Å²) in [4.78, 5) is 10.6. The summed E-state index contributed by atoms with van der Waals surface area (Å²) >= 11 is 0. The molecule has 1 saturated heterocycles. The third-order valence-electron chi connectivity index (χ3n) is 4.22. The molecule has 0 radical (unpaired) electrons. The molecular weight excluding hydrogens is 408 g/mol. The lowest BCUT2D eigenvalue weighted by atomic mass is 10.2. The molecule has 1 fully saturated rings. The van der Waals surface area contributed by atoms with E-state index in [4.69, 9.17) is 14.2 Å². The largest absolute Gasteiger partial charge is 0.594 e. The number of azo groups is 1. The Bertz CT molecular complexity index is 844. The van der Waals surface area contributed by atoms with Crippen LogP contribution in [-0.4, -0.2) is 63.1 Å². The van der Waals surface area contributed by atoms with E-state index in [1.54, 1.807) is 13.8 Å². The minimum absolute atomic E-state index is 0.00278. The normalized spacial score (nSPS) is 18.9. The average Bonchev–Trinajstić information content (AvgIpc) is 2.67. The van der Waals surface area contributed by atoms with Gasteiger partial charge < -0.3 is 19.4 Å². The minimum Gasteiger partial charge on any atom is -0.594 e. The molecular formula is C16H24N4O8S. The molecule has 0 aromatic heterocycles. The molecule has 0 saturated carbocycles. The lowest BCUT2D eigenvalue weighted by Gasteiger charge is -2.34. The third kappa shape index (κ3) is 5.59. The van der Waals surface area contributed by atoms with Crippen molar-refractivity contribution in [3.63, 3.8) is 0 Å². The lowest BCUT2D eigenvalue weighted by molar-refractivity contribution is -0.827. The first-order chi connectivity index (χ1) is 13.5. The van der Waals surface area contributed by atoms with Crippen molar-refractivity contribution < 1.29 is 32.4 Å². The predicted molar refractivity (Wildman–Crippen MR) is 99.4 cm³/mol. The van der Waals surface area contributed by atoms with Gasteiger partial charge in [0.2, 0.25) is 10.0 Å². The van der Waals surface area contributed by atoms with Crippen LogP contribution in [0.4, 0.5) is 0 Å². The highest BCUT2D eigenvalue weighted by Crippen LogP contribution is 2.26. The van der Waals surface area contributed by atoms with E-state index in [2.05, 4.69) is 9.84 Å². The zero-order chi connectivity index (χ0) is 21.7. The maximum Gasteiger partial charge on any atom is 0.483 e. The zero-order valence-corrected chi connectivity index (χ0v) is 17.2. The van der Waals surface area contributed by atoms with E-state index in [0.29, 0.717) is 5.75 Å². The van der Waals surface area contributed by atoms with E-state index < -0.39 is 39.6 Å². The summed E-state index contributed by atoms with van der Waals surface area (Å²) in [6, 6.07) is 5.84. The molecule has 0 spiro atoms. The Kier molecular flexibility index (Phi) is 7.11. The van der Waals surface area contributed by atoms with Crippen LogP contribution >= 0.6 is 0 Å². The highest BCUT2D eigenvalue weighted by molar-refractivity contribution is 7.89. The topological polar surface area (TPSA) is 155 Å². The van der Waals surface area contributed by atoms with E-state index in [-0.39, 0.29) is 29.3 Å². The minimum atomic E-state index is -3.73. The van der Waals surface area contributed by atoms with Crippen LogP contribution in [0.15, 0.2) is 34.3 Å². The van der Waals surface area contributed by atoms with Crippen LogP contribution in [0, 0.1) is 15.3 Å². The van der Waals surface area contributed by atoms with Crippen LogP contribution in [0.5, 0.6) is 5.75 Å². The fourth-order valence-electron chi connectivity index (χ4n) is 2.36. The Morgan fingerprint density at radius 3 is 2.31 bits per heavy atom. The Morgan fingerprint density at radius 2 is 1.79 bits per heavy atom. The molecule has 162 valence electrons. The number of sulfonamides is 1. The molecule has 1 aromatic rings. The molecule has 0 atom stereocenters. The van der Waals surface area contributed by atoms with Gasteiger partial charge in [0.15, 0.2) is 19.0 Å². The summed E-state index contributed by atoms with van der Waals surface area (Å²) in [5, 5.41) is 27.2. The fraction of sp³-hybridized carbons (Fsp3) is 0.625. The predicted octanol–water partition coefficient (Wildman–Crippen LogP) is 1.08. The number of hydroxylamine groups is 1. The first-order valence-corrected chi connectivity index (χ1v) is 10.2. The first kappa shape index (κ1) is 22.9. The number of nitrogens with one attached hydrogen (secondary N) is 1. The summed E-state index contributed by atoms with van der Waals surface area (Å²) in [6.07, 6.45) is 0.162. The molecule has 13 heteroatoms. The van der Waals surface area contributed by atoms with Gasteiger partial charge in [0.05, 0.1) is 12.0 Å². The average molecular weight is 432 g/mol. The zero-order valence-electron chi connectivity index (χ0n) is 16.4. The maximum absolute atomic E-state index is 12.2. The smallest absolute Gasteiger partial charge is 0.483 e. The van der Waals surface area contributed by atoms with E-state index in [0.717, 1.165) is 0 Å². The van der Waals surface area contributed by atoms with E-state index >= 15 is 0 Å². The third-order valence-corrected chi connectivity index (χ3v) is 5.70. The van der Waals surface area contributed by atoms with Gasteiger partial charge in [-0.25, -0.2) is 13.1 Å². The molecule has 1 N–H and O–H groups in total. The molecule has 2 rings (SSSR count). The molecule has 0 bridgehead atoms. The number of nitrogens with zero attached hydrogens (tertiary/aromatic N) is 3. The molecule has 1 heterocycles. The van der Waals surface area contributed by atoms with Crippen molar-refractivity contribution in [3.05, 3.63) is 39.6 Å². The second kappa shape index (κ2) is 8.98. The summed E-state index contributed by atoms with van der Waals surface area (Å²) < 4.78 is 42.2. The van der Waals surface area contributed by atoms with Gasteiger partial charge in [-0.15, -0.1) is 0 Å². The van der Waals surface area contributed by atoms with Crippen molar-refractivity contribution in [2.75, 3.05) is 33.4 Å². The number of hydrogen-bond donors (Lipinski definition) is 1. The molecule has 0 unspecified atom stereocenters. The number of nitro groups is 1. The lowest BCUT2D eigenvalue weighted by Crippen LogP contribution is -2.60. The molecule has 1 aromatic carbocycles. The summed E-state index contributed by atoms with van der Waals surface area (Å²) in [5.41, 5.74) is -2.17. The molecule has 1 aliphatic rings. The first-order valence-electron chi connectivity index (χ1n) is 8.73. The quantitative estimate of drug-likeness (QED) is 0.152. The van der Waals surface area contributed by atoms with E-state index in [1.165, 1.54) is 31.4 Å². The van der Waals surface area contributed by atoms with E-state index in [1.807, 2.05) is 0 Å². The van der Waals surface area contributed by atoms with Crippen molar-refractivity contribution in [1.82, 2.24) is 4.72 Å². The van der Waals surface area contributed by atoms with Gasteiger partial charge >= 0.3 is 5.66 Å². The van der Waals surface area contributed by atoms with Crippen molar-refractivity contribution in [3.8, 4) is 5.75 Å². The second-order valence-electron chi connectivity index (χ2n) is 6.78. The number of methoxy groups -OCH3 is 1. The van der Waals surface area contributed by atoms with Crippen molar-refractivity contribution in [2.45, 2.75) is 36.6 Å². The fourth-order valence-corrected chi connectivity index (χ4v) is 3.44. The van der Waals surface area contributed by atoms with Crippen LogP contribution in [0.2, 0.25) is 0 Å². The number of hydrogen-bond acceptors (Lipinski definition) is 9. The van der Waals surface area contributed by atoms with Gasteiger partial charge in [-0.05, 0) is 54.5 Å². The van der Waals surface area contributed by atoms with Crippen molar-refractivity contribution in [1.29, 1.82) is 0 Å². The molecule has 0 amide bonds. The Hall–Kier alpha value is -2.35. The van der Waals surface area contributed by atoms with E-state index in [9.17, 15) is 23.7 Å². The Labute approximate surface area is 168 Å². The van der Waals surface area contributed by atoms with Gasteiger partial charge in [-0.1, -0.05) is 0 Å². The van der Waals surface area contributed by atoms with Crippen LogP contribution in [0.3, 0.4) is 0 Å². The van der Waals surface area contributed by atoms with Crippen LogP contribution in [-0.2, 0) is 19.5 Å². The molecule has 29 heavy (non-hydrogen) atoms. The monoisotopic (exact) mass is 432 g/mol. The van der Waals surface area contributed by atoms with Gasteiger partial charge in [0, 0.05) is 6.54 Å². The number of rotatable bonds is 9. The molecule has 12 nitrogen and oxygen atoms in total.